The Morgan fingerprint density at radius 2 is 2.12 bits per heavy atom. The molecule has 0 aliphatic rings. The van der Waals surface area contributed by atoms with Crippen LogP contribution in [0.15, 0.2) is 37.1 Å². The first-order chi connectivity index (χ1) is 8.27. The molecule has 0 radical (unpaired) electrons. The third kappa shape index (κ3) is 2.90. The highest BCUT2D eigenvalue weighted by Crippen LogP contribution is 2.02. The highest BCUT2D eigenvalue weighted by Gasteiger charge is 2.12. The van der Waals surface area contributed by atoms with Gasteiger partial charge in [0.05, 0.1) is 12.5 Å². The number of aromatic nitrogens is 3. The molecule has 2 heterocycles. The molecule has 5 heteroatoms. The highest BCUT2D eigenvalue weighted by molar-refractivity contribution is 5.91. The second kappa shape index (κ2) is 5.25. The van der Waals surface area contributed by atoms with Gasteiger partial charge in [0.1, 0.15) is 5.69 Å². The van der Waals surface area contributed by atoms with Crippen molar-refractivity contribution in [2.75, 3.05) is 13.6 Å². The van der Waals surface area contributed by atoms with E-state index in [0.717, 1.165) is 6.42 Å². The summed E-state index contributed by atoms with van der Waals surface area (Å²) in [6.07, 6.45) is 7.37. The Hall–Kier alpha value is -2.17. The molecule has 1 N–H and O–H groups in total. The third-order valence-electron chi connectivity index (χ3n) is 2.56. The predicted molar refractivity (Wildman–Crippen MR) is 63.5 cm³/mol. The summed E-state index contributed by atoms with van der Waals surface area (Å²) >= 11 is 0. The Bertz CT molecular complexity index is 467. The molecule has 0 aliphatic heterocycles. The van der Waals surface area contributed by atoms with Crippen LogP contribution in [0.25, 0.3) is 0 Å². The van der Waals surface area contributed by atoms with Crippen molar-refractivity contribution in [2.45, 2.75) is 6.42 Å². The van der Waals surface area contributed by atoms with Crippen molar-refractivity contribution in [1.82, 2.24) is 19.9 Å². The van der Waals surface area contributed by atoms with E-state index < -0.39 is 0 Å². The van der Waals surface area contributed by atoms with Crippen LogP contribution in [0, 0.1) is 0 Å². The van der Waals surface area contributed by atoms with E-state index in [1.807, 2.05) is 12.1 Å². The lowest BCUT2D eigenvalue weighted by Gasteiger charge is -2.15. The molecule has 88 valence electrons. The van der Waals surface area contributed by atoms with Gasteiger partial charge in [0, 0.05) is 26.0 Å². The van der Waals surface area contributed by atoms with Crippen molar-refractivity contribution in [1.29, 1.82) is 0 Å². The van der Waals surface area contributed by atoms with Crippen LogP contribution in [0.3, 0.4) is 0 Å². The number of hydrogen-bond donors (Lipinski definition) is 1. The first-order valence-electron chi connectivity index (χ1n) is 5.40. The number of hydrogen-bond acceptors (Lipinski definition) is 3. The minimum absolute atomic E-state index is 0.0449. The molecule has 0 fully saturated rings. The molecule has 0 aliphatic carbocycles. The van der Waals surface area contributed by atoms with Crippen LogP contribution < -0.4 is 0 Å². The van der Waals surface area contributed by atoms with E-state index in [1.54, 1.807) is 24.3 Å². The number of likely N-dealkylation sites (N-methyl/N-ethyl adjacent to an activating group) is 1. The summed E-state index contributed by atoms with van der Waals surface area (Å²) in [6, 6.07) is 3.91. The van der Waals surface area contributed by atoms with E-state index in [0.29, 0.717) is 12.2 Å². The molecule has 2 aromatic rings. The van der Waals surface area contributed by atoms with Gasteiger partial charge in [0.2, 0.25) is 0 Å². The molecule has 0 spiro atoms. The van der Waals surface area contributed by atoms with Gasteiger partial charge in [-0.05, 0) is 24.1 Å². The predicted octanol–water partition coefficient (Wildman–Crippen LogP) is 1.12. The van der Waals surface area contributed by atoms with Crippen molar-refractivity contribution in [3.05, 3.63) is 48.3 Å². The summed E-state index contributed by atoms with van der Waals surface area (Å²) in [5.74, 6) is -0.0449. The maximum Gasteiger partial charge on any atom is 0.271 e. The maximum absolute atomic E-state index is 11.9. The summed E-state index contributed by atoms with van der Waals surface area (Å²) in [4.78, 5) is 24.1. The first-order valence-corrected chi connectivity index (χ1v) is 5.40. The SMILES string of the molecule is CN(CCc1ccncc1)C(=O)c1cnc[nH]1. The fourth-order valence-electron chi connectivity index (χ4n) is 1.53. The van der Waals surface area contributed by atoms with Crippen LogP contribution in [0.5, 0.6) is 0 Å². The summed E-state index contributed by atoms with van der Waals surface area (Å²) in [7, 11) is 1.78. The Labute approximate surface area is 99.5 Å². The smallest absolute Gasteiger partial charge is 0.271 e. The molecular weight excluding hydrogens is 216 g/mol. The van der Waals surface area contributed by atoms with Gasteiger partial charge in [-0.1, -0.05) is 0 Å². The van der Waals surface area contributed by atoms with Crippen LogP contribution in [0.1, 0.15) is 16.1 Å². The highest BCUT2D eigenvalue weighted by atomic mass is 16.2. The van der Waals surface area contributed by atoms with Gasteiger partial charge in [0.25, 0.3) is 5.91 Å². The molecule has 2 rings (SSSR count). The second-order valence-corrected chi connectivity index (χ2v) is 3.80. The quantitative estimate of drug-likeness (QED) is 0.856. The van der Waals surface area contributed by atoms with Crippen molar-refractivity contribution < 1.29 is 4.79 Å². The van der Waals surface area contributed by atoms with Crippen LogP contribution in [-0.2, 0) is 6.42 Å². The van der Waals surface area contributed by atoms with Gasteiger partial charge >= 0.3 is 0 Å². The van der Waals surface area contributed by atoms with Gasteiger partial charge in [-0.25, -0.2) is 4.98 Å². The minimum atomic E-state index is -0.0449. The van der Waals surface area contributed by atoms with Gasteiger partial charge in [0.15, 0.2) is 0 Å². The maximum atomic E-state index is 11.9. The van der Waals surface area contributed by atoms with E-state index in [2.05, 4.69) is 15.0 Å². The van der Waals surface area contributed by atoms with Gasteiger partial charge in [-0.15, -0.1) is 0 Å². The van der Waals surface area contributed by atoms with Gasteiger partial charge in [-0.3, -0.25) is 9.78 Å². The number of nitrogens with one attached hydrogen (secondary N) is 1. The Kier molecular flexibility index (Phi) is 3.49. The fourth-order valence-corrected chi connectivity index (χ4v) is 1.53. The third-order valence-corrected chi connectivity index (χ3v) is 2.56. The van der Waals surface area contributed by atoms with E-state index in [1.165, 1.54) is 18.1 Å². The van der Waals surface area contributed by atoms with E-state index in [9.17, 15) is 4.79 Å². The van der Waals surface area contributed by atoms with E-state index >= 15 is 0 Å². The van der Waals surface area contributed by atoms with Gasteiger partial charge in [-0.2, -0.15) is 0 Å². The second-order valence-electron chi connectivity index (χ2n) is 3.80. The van der Waals surface area contributed by atoms with Gasteiger partial charge < -0.3 is 9.88 Å². The van der Waals surface area contributed by atoms with Crippen molar-refractivity contribution in [3.63, 3.8) is 0 Å². The first kappa shape index (κ1) is 11.3. The molecule has 0 saturated carbocycles. The molecule has 1 amide bonds. The molecule has 0 saturated heterocycles. The molecular formula is C12H14N4O. The lowest BCUT2D eigenvalue weighted by molar-refractivity contribution is 0.0791. The summed E-state index contributed by atoms with van der Waals surface area (Å²) < 4.78 is 0. The van der Waals surface area contributed by atoms with Crippen LogP contribution in [-0.4, -0.2) is 39.4 Å². The zero-order valence-electron chi connectivity index (χ0n) is 9.63. The van der Waals surface area contributed by atoms with Crippen molar-refractivity contribution in [2.24, 2.45) is 0 Å². The zero-order valence-corrected chi connectivity index (χ0v) is 9.63. The average Bonchev–Trinajstić information content (AvgIpc) is 2.90. The number of imidazole rings is 1. The van der Waals surface area contributed by atoms with Crippen LogP contribution >= 0.6 is 0 Å². The molecule has 0 bridgehead atoms. The summed E-state index contributed by atoms with van der Waals surface area (Å²) in [6.45, 7) is 0.669. The number of nitrogens with zero attached hydrogens (tertiary/aromatic N) is 3. The van der Waals surface area contributed by atoms with Crippen LogP contribution in [0.2, 0.25) is 0 Å². The normalized spacial score (nSPS) is 10.2. The Balaban J connectivity index is 1.90. The number of carbonyl (C=O) groups is 1. The summed E-state index contributed by atoms with van der Waals surface area (Å²) in [5.41, 5.74) is 1.69. The topological polar surface area (TPSA) is 61.9 Å². The van der Waals surface area contributed by atoms with Crippen molar-refractivity contribution >= 4 is 5.91 Å². The molecule has 0 unspecified atom stereocenters. The standard InChI is InChI=1S/C12H14N4O/c1-16(12(17)11-8-14-9-15-11)7-4-10-2-5-13-6-3-10/h2-3,5-6,8-9H,4,7H2,1H3,(H,14,15). The fraction of sp³-hybridized carbons (Fsp3) is 0.250. The lowest BCUT2D eigenvalue weighted by Crippen LogP contribution is -2.29. The van der Waals surface area contributed by atoms with E-state index in [4.69, 9.17) is 0 Å². The van der Waals surface area contributed by atoms with Crippen molar-refractivity contribution in [3.8, 4) is 0 Å². The number of carbonyl (C=O) groups excluding carboxylic acids is 1. The summed E-state index contributed by atoms with van der Waals surface area (Å²) in [5, 5.41) is 0. The monoisotopic (exact) mass is 230 g/mol. The Morgan fingerprint density at radius 1 is 1.35 bits per heavy atom. The number of H-pyrrole nitrogens is 1. The molecule has 0 atom stereocenters. The molecule has 0 aromatic carbocycles. The number of amides is 1. The lowest BCUT2D eigenvalue weighted by atomic mass is 10.2. The van der Waals surface area contributed by atoms with Crippen LogP contribution in [0.4, 0.5) is 0 Å². The van der Waals surface area contributed by atoms with E-state index in [-0.39, 0.29) is 5.91 Å². The molecule has 17 heavy (non-hydrogen) atoms. The Morgan fingerprint density at radius 3 is 2.76 bits per heavy atom. The molecule has 2 aromatic heterocycles. The zero-order chi connectivity index (χ0) is 12.1. The number of aromatic amines is 1. The number of rotatable bonds is 4. The largest absolute Gasteiger partial charge is 0.341 e. The molecule has 5 nitrogen and oxygen atoms in total. The average molecular weight is 230 g/mol. The minimum Gasteiger partial charge on any atom is -0.341 e. The number of pyridine rings is 1.